The van der Waals surface area contributed by atoms with Gasteiger partial charge in [-0.05, 0) is 0 Å². The van der Waals surface area contributed by atoms with Crippen LogP contribution in [-0.2, 0) is 4.74 Å². The molecule has 0 fully saturated rings. The van der Waals surface area contributed by atoms with E-state index < -0.39 is 0 Å². The van der Waals surface area contributed by atoms with Crippen molar-refractivity contribution in [3.8, 4) is 0 Å². The number of carbonyl (C=O) groups excluding carboxylic acids is 1. The molecule has 0 saturated carbocycles. The van der Waals surface area contributed by atoms with Crippen molar-refractivity contribution < 1.29 is 9.53 Å². The molecule has 82 valence electrons. The number of benzene rings is 1. The average Bonchev–Trinajstić information content (AvgIpc) is 2.29. The Balaban J connectivity index is 2.52. The minimum absolute atomic E-state index is 0.0437. The second-order valence-electron chi connectivity index (χ2n) is 3.22. The van der Waals surface area contributed by atoms with E-state index in [1.165, 1.54) is 28.0 Å². The number of unbranched alkanes of at least 4 members (excludes halogenated alkanes) is 1. The van der Waals surface area contributed by atoms with Crippen LogP contribution in [0, 0.1) is 0 Å². The number of hydrogen-bond acceptors (Lipinski definition) is 2. The minimum atomic E-state index is -0.254. The van der Waals surface area contributed by atoms with Gasteiger partial charge in [0.05, 0.1) is 0 Å². The third kappa shape index (κ3) is 4.24. The summed E-state index contributed by atoms with van der Waals surface area (Å²) in [5.74, 6) is -0.254. The molecular formula is C12H16O2Te. The molecule has 1 aromatic rings. The first kappa shape index (κ1) is 12.5. The summed E-state index contributed by atoms with van der Waals surface area (Å²) in [5.41, 5.74) is 0.643. The topological polar surface area (TPSA) is 26.3 Å². The molecule has 3 heteroatoms. The van der Waals surface area contributed by atoms with Gasteiger partial charge in [0, 0.05) is 0 Å². The van der Waals surface area contributed by atoms with E-state index in [4.69, 9.17) is 0 Å². The molecule has 0 spiro atoms. The standard InChI is InChI=1S/C12H16O2Te/c1-3-4-9-15-11-7-5-10(6-8-11)12(13)14-2/h5-8H,3-4,9H2,1-2H3. The fourth-order valence-corrected chi connectivity index (χ4v) is 3.99. The van der Waals surface area contributed by atoms with Gasteiger partial charge in [-0.3, -0.25) is 0 Å². The quantitative estimate of drug-likeness (QED) is 0.471. The molecule has 15 heavy (non-hydrogen) atoms. The Morgan fingerprint density at radius 3 is 2.53 bits per heavy atom. The molecule has 0 aliphatic heterocycles. The predicted octanol–water partition coefficient (Wildman–Crippen LogP) is 2.02. The van der Waals surface area contributed by atoms with Crippen LogP contribution in [0.5, 0.6) is 0 Å². The molecule has 0 saturated heterocycles. The molecule has 0 atom stereocenters. The Morgan fingerprint density at radius 1 is 1.33 bits per heavy atom. The third-order valence-electron chi connectivity index (χ3n) is 2.04. The van der Waals surface area contributed by atoms with Gasteiger partial charge in [-0.1, -0.05) is 0 Å². The first-order valence-corrected chi connectivity index (χ1v) is 7.90. The zero-order valence-corrected chi connectivity index (χ0v) is 11.5. The molecule has 0 aliphatic rings. The second kappa shape index (κ2) is 6.87. The molecule has 2 nitrogen and oxygen atoms in total. The van der Waals surface area contributed by atoms with Crippen LogP contribution < -0.4 is 3.61 Å². The summed E-state index contributed by atoms with van der Waals surface area (Å²) in [5, 5.41) is 0. The van der Waals surface area contributed by atoms with Gasteiger partial charge in [0.15, 0.2) is 0 Å². The van der Waals surface area contributed by atoms with Gasteiger partial charge >= 0.3 is 101 Å². The monoisotopic (exact) mass is 322 g/mol. The van der Waals surface area contributed by atoms with E-state index >= 15 is 0 Å². The van der Waals surface area contributed by atoms with Crippen LogP contribution in [0.25, 0.3) is 0 Å². The number of rotatable bonds is 5. The summed E-state index contributed by atoms with van der Waals surface area (Å²) in [6.07, 6.45) is 2.59. The van der Waals surface area contributed by atoms with E-state index in [1.807, 2.05) is 12.1 Å². The van der Waals surface area contributed by atoms with Crippen molar-refractivity contribution in [1.29, 1.82) is 0 Å². The van der Waals surface area contributed by atoms with Crippen molar-refractivity contribution in [2.75, 3.05) is 7.11 Å². The zero-order valence-electron chi connectivity index (χ0n) is 9.16. The maximum absolute atomic E-state index is 11.2. The Kier molecular flexibility index (Phi) is 5.75. The molecule has 0 amide bonds. The van der Waals surface area contributed by atoms with Crippen LogP contribution in [-0.4, -0.2) is 34.0 Å². The molecule has 0 aliphatic carbocycles. The van der Waals surface area contributed by atoms with E-state index in [-0.39, 0.29) is 26.9 Å². The molecule has 0 aromatic heterocycles. The Labute approximate surface area is 101 Å². The first-order chi connectivity index (χ1) is 7.27. The van der Waals surface area contributed by atoms with Gasteiger partial charge in [-0.25, -0.2) is 0 Å². The van der Waals surface area contributed by atoms with Crippen LogP contribution in [0.1, 0.15) is 30.1 Å². The summed E-state index contributed by atoms with van der Waals surface area (Å²) in [4.78, 5) is 11.2. The third-order valence-corrected chi connectivity index (χ3v) is 5.18. The summed E-state index contributed by atoms with van der Waals surface area (Å²) in [6, 6.07) is 7.84. The molecular weight excluding hydrogens is 304 g/mol. The normalized spacial score (nSPS) is 10.0. The van der Waals surface area contributed by atoms with Crippen molar-refractivity contribution in [1.82, 2.24) is 0 Å². The van der Waals surface area contributed by atoms with Crippen molar-refractivity contribution in [2.24, 2.45) is 0 Å². The van der Waals surface area contributed by atoms with Crippen LogP contribution >= 0.6 is 0 Å². The number of ether oxygens (including phenoxy) is 1. The Hall–Kier alpha value is -0.520. The number of hydrogen-bond donors (Lipinski definition) is 0. The van der Waals surface area contributed by atoms with E-state index in [0.717, 1.165) is 0 Å². The van der Waals surface area contributed by atoms with Crippen LogP contribution in [0.15, 0.2) is 24.3 Å². The van der Waals surface area contributed by atoms with Gasteiger partial charge in [-0.2, -0.15) is 0 Å². The van der Waals surface area contributed by atoms with E-state index in [9.17, 15) is 4.79 Å². The van der Waals surface area contributed by atoms with E-state index in [1.54, 1.807) is 0 Å². The van der Waals surface area contributed by atoms with Crippen molar-refractivity contribution in [3.05, 3.63) is 29.8 Å². The fraction of sp³-hybridized carbons (Fsp3) is 0.417. The summed E-state index contributed by atoms with van der Waals surface area (Å²) < 4.78 is 7.41. The maximum atomic E-state index is 11.2. The number of methoxy groups -OCH3 is 1. The molecule has 0 N–H and O–H groups in total. The molecule has 0 heterocycles. The first-order valence-electron chi connectivity index (χ1n) is 5.09. The molecule has 0 unspecified atom stereocenters. The molecule has 1 rings (SSSR count). The molecule has 0 radical (unpaired) electrons. The van der Waals surface area contributed by atoms with Gasteiger partial charge in [0.1, 0.15) is 0 Å². The predicted molar refractivity (Wildman–Crippen MR) is 62.9 cm³/mol. The van der Waals surface area contributed by atoms with Crippen LogP contribution in [0.3, 0.4) is 0 Å². The average molecular weight is 320 g/mol. The SMILES string of the molecule is CCCC[Te]c1ccc(C(=O)OC)cc1. The summed E-state index contributed by atoms with van der Waals surface area (Å²) >= 11 is -0.0437. The van der Waals surface area contributed by atoms with Crippen LogP contribution in [0.2, 0.25) is 4.47 Å². The molecule has 1 aromatic carbocycles. The summed E-state index contributed by atoms with van der Waals surface area (Å²) in [6.45, 7) is 2.22. The summed E-state index contributed by atoms with van der Waals surface area (Å²) in [7, 11) is 1.41. The van der Waals surface area contributed by atoms with Crippen molar-refractivity contribution in [2.45, 2.75) is 24.2 Å². The molecule has 0 bridgehead atoms. The van der Waals surface area contributed by atoms with E-state index in [2.05, 4.69) is 23.8 Å². The Bertz CT molecular complexity index is 306. The van der Waals surface area contributed by atoms with Gasteiger partial charge in [0.25, 0.3) is 0 Å². The number of esters is 1. The van der Waals surface area contributed by atoms with Crippen molar-refractivity contribution >= 4 is 30.5 Å². The van der Waals surface area contributed by atoms with Gasteiger partial charge < -0.3 is 0 Å². The Morgan fingerprint density at radius 2 is 2.00 bits per heavy atom. The number of carbonyl (C=O) groups is 1. The van der Waals surface area contributed by atoms with Gasteiger partial charge in [0.2, 0.25) is 0 Å². The zero-order chi connectivity index (χ0) is 11.1. The van der Waals surface area contributed by atoms with Crippen molar-refractivity contribution in [3.63, 3.8) is 0 Å². The van der Waals surface area contributed by atoms with Crippen LogP contribution in [0.4, 0.5) is 0 Å². The van der Waals surface area contributed by atoms with E-state index in [0.29, 0.717) is 5.56 Å². The fourth-order valence-electron chi connectivity index (χ4n) is 1.14. The second-order valence-corrected chi connectivity index (χ2v) is 6.55. The van der Waals surface area contributed by atoms with Gasteiger partial charge in [-0.15, -0.1) is 0 Å².